The number of carbonyl (C=O) groups is 1. The Hall–Kier alpha value is -1.65. The van der Waals surface area contributed by atoms with E-state index in [2.05, 4.69) is 11.4 Å². The van der Waals surface area contributed by atoms with Crippen molar-refractivity contribution in [3.05, 3.63) is 51.7 Å². The van der Waals surface area contributed by atoms with E-state index in [9.17, 15) is 4.79 Å². The van der Waals surface area contributed by atoms with Crippen LogP contribution in [0.2, 0.25) is 0 Å². The van der Waals surface area contributed by atoms with Crippen LogP contribution in [0.4, 0.5) is 5.69 Å². The lowest BCUT2D eigenvalue weighted by Gasteiger charge is -2.20. The second-order valence-electron chi connectivity index (χ2n) is 5.13. The molecule has 0 spiro atoms. The third kappa shape index (κ3) is 2.62. The highest BCUT2D eigenvalue weighted by Gasteiger charge is 2.19. The highest BCUT2D eigenvalue weighted by Crippen LogP contribution is 2.28. The fraction of sp³-hybridized carbons (Fsp3) is 0.312. The molecule has 0 bridgehead atoms. The molecular formula is C16H18N2OS. The molecule has 20 heavy (non-hydrogen) atoms. The Bertz CT molecular complexity index is 607. The number of nitrogens with two attached hydrogens (primary N) is 1. The molecule has 0 aliphatic heterocycles. The summed E-state index contributed by atoms with van der Waals surface area (Å²) in [7, 11) is 0. The minimum atomic E-state index is -0.588. The number of amides is 1. The first-order valence-corrected chi connectivity index (χ1v) is 7.84. The van der Waals surface area contributed by atoms with Crippen molar-refractivity contribution in [2.45, 2.75) is 31.7 Å². The van der Waals surface area contributed by atoms with E-state index in [0.717, 1.165) is 23.4 Å². The first-order chi connectivity index (χ1) is 9.75. The molecule has 1 heterocycles. The Morgan fingerprint density at radius 1 is 1.20 bits per heavy atom. The minimum Gasteiger partial charge on any atom is -0.324 e. The quantitative estimate of drug-likeness (QED) is 0.910. The zero-order valence-electron chi connectivity index (χ0n) is 11.3. The van der Waals surface area contributed by atoms with Gasteiger partial charge in [0.1, 0.15) is 6.04 Å². The molecule has 1 aromatic carbocycles. The second kappa shape index (κ2) is 5.77. The summed E-state index contributed by atoms with van der Waals surface area (Å²) in [6.07, 6.45) is 4.58. The Kier molecular flexibility index (Phi) is 3.85. The van der Waals surface area contributed by atoms with Crippen molar-refractivity contribution in [1.82, 2.24) is 0 Å². The third-order valence-corrected chi connectivity index (χ3v) is 4.74. The van der Waals surface area contributed by atoms with Gasteiger partial charge in [0.05, 0.1) is 0 Å². The maximum Gasteiger partial charge on any atom is 0.246 e. The van der Waals surface area contributed by atoms with E-state index in [4.69, 9.17) is 5.73 Å². The maximum absolute atomic E-state index is 12.3. The SMILES string of the molecule is NC(C(=O)Nc1cccc2c1CCCC2)c1cccs1. The second-order valence-corrected chi connectivity index (χ2v) is 6.11. The van der Waals surface area contributed by atoms with Gasteiger partial charge in [-0.15, -0.1) is 11.3 Å². The summed E-state index contributed by atoms with van der Waals surface area (Å²) in [4.78, 5) is 13.2. The van der Waals surface area contributed by atoms with E-state index in [0.29, 0.717) is 0 Å². The van der Waals surface area contributed by atoms with Crippen LogP contribution >= 0.6 is 11.3 Å². The standard InChI is InChI=1S/C16H18N2OS/c17-15(14-9-4-10-20-14)16(19)18-13-8-3-6-11-5-1-2-7-12(11)13/h3-4,6,8-10,15H,1-2,5,7,17H2,(H,18,19). The Morgan fingerprint density at radius 3 is 2.85 bits per heavy atom. The molecule has 1 atom stereocenters. The normalized spacial score (nSPS) is 15.4. The molecule has 1 amide bonds. The van der Waals surface area contributed by atoms with Gasteiger partial charge in [-0.1, -0.05) is 18.2 Å². The average molecular weight is 286 g/mol. The highest BCUT2D eigenvalue weighted by atomic mass is 32.1. The van der Waals surface area contributed by atoms with E-state index in [1.807, 2.05) is 29.6 Å². The number of hydrogen-bond acceptors (Lipinski definition) is 3. The van der Waals surface area contributed by atoms with Crippen molar-refractivity contribution in [3.63, 3.8) is 0 Å². The first-order valence-electron chi connectivity index (χ1n) is 6.96. The van der Waals surface area contributed by atoms with Crippen molar-refractivity contribution >= 4 is 22.9 Å². The summed E-state index contributed by atoms with van der Waals surface area (Å²) >= 11 is 1.51. The Balaban J connectivity index is 1.79. The van der Waals surface area contributed by atoms with Crippen LogP contribution in [0.15, 0.2) is 35.7 Å². The van der Waals surface area contributed by atoms with Crippen LogP contribution in [0.5, 0.6) is 0 Å². The first kappa shape index (κ1) is 13.3. The summed E-state index contributed by atoms with van der Waals surface area (Å²) in [5, 5.41) is 4.94. The number of thiophene rings is 1. The molecule has 0 radical (unpaired) electrons. The van der Waals surface area contributed by atoms with Crippen LogP contribution < -0.4 is 11.1 Å². The van der Waals surface area contributed by atoms with Crippen LogP contribution in [0.1, 0.15) is 34.9 Å². The predicted molar refractivity (Wildman–Crippen MR) is 83.0 cm³/mol. The monoisotopic (exact) mass is 286 g/mol. The molecule has 2 aromatic rings. The molecule has 3 rings (SSSR count). The molecule has 1 aliphatic rings. The molecular weight excluding hydrogens is 268 g/mol. The van der Waals surface area contributed by atoms with Gasteiger partial charge in [0.2, 0.25) is 5.91 Å². The fourth-order valence-electron chi connectivity index (χ4n) is 2.71. The number of hydrogen-bond donors (Lipinski definition) is 2. The van der Waals surface area contributed by atoms with E-state index in [-0.39, 0.29) is 5.91 Å². The van der Waals surface area contributed by atoms with Gasteiger partial charge < -0.3 is 11.1 Å². The van der Waals surface area contributed by atoms with E-state index in [1.165, 1.54) is 35.3 Å². The lowest BCUT2D eigenvalue weighted by Crippen LogP contribution is -2.27. The molecule has 0 fully saturated rings. The van der Waals surface area contributed by atoms with Crippen LogP contribution in [0, 0.1) is 0 Å². The lowest BCUT2D eigenvalue weighted by molar-refractivity contribution is -0.117. The fourth-order valence-corrected chi connectivity index (χ4v) is 3.43. The van der Waals surface area contributed by atoms with Gasteiger partial charge in [0, 0.05) is 10.6 Å². The Morgan fingerprint density at radius 2 is 2.05 bits per heavy atom. The molecule has 1 aromatic heterocycles. The highest BCUT2D eigenvalue weighted by molar-refractivity contribution is 7.10. The van der Waals surface area contributed by atoms with Gasteiger partial charge in [-0.3, -0.25) is 4.79 Å². The van der Waals surface area contributed by atoms with Crippen LogP contribution in [0.3, 0.4) is 0 Å². The Labute approximate surface area is 122 Å². The van der Waals surface area contributed by atoms with Crippen molar-refractivity contribution in [2.24, 2.45) is 5.73 Å². The number of anilines is 1. The number of nitrogens with one attached hydrogen (secondary N) is 1. The van der Waals surface area contributed by atoms with Crippen LogP contribution in [-0.4, -0.2) is 5.91 Å². The van der Waals surface area contributed by atoms with Gasteiger partial charge in [0.15, 0.2) is 0 Å². The average Bonchev–Trinajstić information content (AvgIpc) is 3.01. The van der Waals surface area contributed by atoms with Crippen LogP contribution in [0.25, 0.3) is 0 Å². The van der Waals surface area contributed by atoms with Gasteiger partial charge in [-0.05, 0) is 54.3 Å². The van der Waals surface area contributed by atoms with E-state index >= 15 is 0 Å². The lowest BCUT2D eigenvalue weighted by atomic mass is 9.90. The zero-order valence-corrected chi connectivity index (χ0v) is 12.1. The van der Waals surface area contributed by atoms with Gasteiger partial charge in [0.25, 0.3) is 0 Å². The number of benzene rings is 1. The molecule has 0 saturated heterocycles. The molecule has 1 aliphatic carbocycles. The smallest absolute Gasteiger partial charge is 0.246 e. The molecule has 4 heteroatoms. The van der Waals surface area contributed by atoms with Crippen LogP contribution in [-0.2, 0) is 17.6 Å². The third-order valence-electron chi connectivity index (χ3n) is 3.79. The molecule has 1 unspecified atom stereocenters. The summed E-state index contributed by atoms with van der Waals surface area (Å²) in [5.41, 5.74) is 9.58. The zero-order chi connectivity index (χ0) is 13.9. The molecule has 104 valence electrons. The maximum atomic E-state index is 12.3. The number of fused-ring (bicyclic) bond motifs is 1. The summed E-state index contributed by atoms with van der Waals surface area (Å²) in [5.74, 6) is -0.133. The number of rotatable bonds is 3. The predicted octanol–water partition coefficient (Wildman–Crippen LogP) is 3.27. The molecule has 0 saturated carbocycles. The number of carbonyl (C=O) groups excluding carboxylic acids is 1. The summed E-state index contributed by atoms with van der Waals surface area (Å²) < 4.78 is 0. The van der Waals surface area contributed by atoms with Gasteiger partial charge in [-0.25, -0.2) is 0 Å². The minimum absolute atomic E-state index is 0.133. The topological polar surface area (TPSA) is 55.1 Å². The molecule has 3 N–H and O–H groups in total. The number of aryl methyl sites for hydroxylation is 1. The van der Waals surface area contributed by atoms with Gasteiger partial charge >= 0.3 is 0 Å². The van der Waals surface area contributed by atoms with Crippen molar-refractivity contribution in [1.29, 1.82) is 0 Å². The van der Waals surface area contributed by atoms with E-state index in [1.54, 1.807) is 0 Å². The molecule has 3 nitrogen and oxygen atoms in total. The van der Waals surface area contributed by atoms with Gasteiger partial charge in [-0.2, -0.15) is 0 Å². The van der Waals surface area contributed by atoms with Crippen molar-refractivity contribution in [2.75, 3.05) is 5.32 Å². The van der Waals surface area contributed by atoms with Crippen molar-refractivity contribution in [3.8, 4) is 0 Å². The summed E-state index contributed by atoms with van der Waals surface area (Å²) in [6.45, 7) is 0. The van der Waals surface area contributed by atoms with Crippen molar-refractivity contribution < 1.29 is 4.79 Å². The summed E-state index contributed by atoms with van der Waals surface area (Å²) in [6, 6.07) is 9.37. The van der Waals surface area contributed by atoms with E-state index < -0.39 is 6.04 Å². The largest absolute Gasteiger partial charge is 0.324 e.